The highest BCUT2D eigenvalue weighted by Gasteiger charge is 2.17. The molecule has 0 aliphatic rings. The number of esters is 1. The van der Waals surface area contributed by atoms with Crippen LogP contribution >= 0.6 is 0 Å². The van der Waals surface area contributed by atoms with E-state index in [0.717, 1.165) is 5.56 Å². The van der Waals surface area contributed by atoms with E-state index in [1.165, 1.54) is 12.1 Å². The maximum Gasteiger partial charge on any atom is 0.338 e. The molecule has 0 aliphatic carbocycles. The van der Waals surface area contributed by atoms with Gasteiger partial charge in [0.25, 0.3) is 5.91 Å². The van der Waals surface area contributed by atoms with E-state index in [1.54, 1.807) is 32.9 Å². The van der Waals surface area contributed by atoms with Crippen LogP contribution in [0.25, 0.3) is 0 Å². The molecule has 1 aromatic rings. The quantitative estimate of drug-likeness (QED) is 0.548. The Kier molecular flexibility index (Phi) is 8.43. The first-order valence-electron chi connectivity index (χ1n) is 8.88. The third-order valence-corrected chi connectivity index (χ3v) is 3.14. The largest absolute Gasteiger partial charge is 0.452 e. The second-order valence-electron chi connectivity index (χ2n) is 7.51. The number of carbonyl (C=O) groups is 4. The molecule has 0 saturated heterocycles. The smallest absolute Gasteiger partial charge is 0.338 e. The lowest BCUT2D eigenvalue weighted by Crippen LogP contribution is -2.49. The van der Waals surface area contributed by atoms with Gasteiger partial charge in [0.15, 0.2) is 6.61 Å². The van der Waals surface area contributed by atoms with Gasteiger partial charge in [0.2, 0.25) is 0 Å². The van der Waals surface area contributed by atoms with Crippen molar-refractivity contribution in [1.29, 1.82) is 0 Å². The summed E-state index contributed by atoms with van der Waals surface area (Å²) in [4.78, 5) is 46.8. The molecule has 9 heteroatoms. The fourth-order valence-corrected chi connectivity index (χ4v) is 2.00. The summed E-state index contributed by atoms with van der Waals surface area (Å²) in [7, 11) is 0. The Morgan fingerprint density at radius 2 is 1.61 bits per heavy atom. The Bertz CT molecular complexity index is 708. The highest BCUT2D eigenvalue weighted by atomic mass is 16.5. The summed E-state index contributed by atoms with van der Waals surface area (Å²) in [6.07, 6.45) is 0. The number of carbonyl (C=O) groups excluding carboxylic acids is 4. The second-order valence-corrected chi connectivity index (χ2v) is 7.51. The van der Waals surface area contributed by atoms with Gasteiger partial charge in [0.05, 0.1) is 5.56 Å². The molecule has 0 spiro atoms. The Hall–Kier alpha value is -3.10. The maximum atomic E-state index is 12.0. The van der Waals surface area contributed by atoms with E-state index in [1.807, 2.05) is 13.8 Å². The molecule has 0 unspecified atom stereocenters. The Morgan fingerprint density at radius 1 is 1.00 bits per heavy atom. The lowest BCUT2D eigenvalue weighted by molar-refractivity contribution is -0.123. The van der Waals surface area contributed by atoms with Crippen LogP contribution < -0.4 is 21.3 Å². The van der Waals surface area contributed by atoms with Crippen LogP contribution in [0.5, 0.6) is 0 Å². The fraction of sp³-hybridized carbons (Fsp3) is 0.474. The summed E-state index contributed by atoms with van der Waals surface area (Å²) in [5, 5.41) is 10.0. The number of hydrogen-bond acceptors (Lipinski definition) is 5. The zero-order valence-corrected chi connectivity index (χ0v) is 16.8. The normalized spacial score (nSPS) is 10.8. The predicted molar refractivity (Wildman–Crippen MR) is 104 cm³/mol. The lowest BCUT2D eigenvalue weighted by Gasteiger charge is -2.20. The van der Waals surface area contributed by atoms with Gasteiger partial charge in [-0.3, -0.25) is 10.1 Å². The molecule has 1 aromatic carbocycles. The summed E-state index contributed by atoms with van der Waals surface area (Å²) in [6, 6.07) is 5.50. The van der Waals surface area contributed by atoms with E-state index in [-0.39, 0.29) is 17.6 Å². The standard InChI is InChI=1S/C19H28N4O5/c1-12(2)21-17(26)20-10-13-6-8-14(9-7-13)16(25)28-11-15(24)22-18(27)23-19(3,4)5/h6-9,12H,10-11H2,1-5H3,(H2,20,21,26)(H2,22,23,24,27). The molecule has 154 valence electrons. The molecule has 0 aliphatic heterocycles. The van der Waals surface area contributed by atoms with Gasteiger partial charge in [0, 0.05) is 18.1 Å². The van der Waals surface area contributed by atoms with Crippen molar-refractivity contribution in [1.82, 2.24) is 21.3 Å². The molecular formula is C19H28N4O5. The van der Waals surface area contributed by atoms with Crippen molar-refractivity contribution in [3.63, 3.8) is 0 Å². The molecule has 0 atom stereocenters. The minimum absolute atomic E-state index is 0.0360. The topological polar surface area (TPSA) is 126 Å². The first-order valence-corrected chi connectivity index (χ1v) is 8.88. The summed E-state index contributed by atoms with van der Waals surface area (Å²) < 4.78 is 4.89. The lowest BCUT2D eigenvalue weighted by atomic mass is 10.1. The Labute approximate surface area is 164 Å². The summed E-state index contributed by atoms with van der Waals surface area (Å²) in [5.41, 5.74) is 0.557. The Balaban J connectivity index is 2.43. The minimum Gasteiger partial charge on any atom is -0.452 e. The number of urea groups is 2. The first kappa shape index (κ1) is 22.9. The van der Waals surface area contributed by atoms with Crippen LogP contribution in [0.2, 0.25) is 0 Å². The minimum atomic E-state index is -0.730. The van der Waals surface area contributed by atoms with E-state index >= 15 is 0 Å². The van der Waals surface area contributed by atoms with Crippen molar-refractivity contribution in [2.24, 2.45) is 0 Å². The maximum absolute atomic E-state index is 12.0. The number of amides is 5. The monoisotopic (exact) mass is 392 g/mol. The van der Waals surface area contributed by atoms with Gasteiger partial charge in [-0.15, -0.1) is 0 Å². The summed E-state index contributed by atoms with van der Waals surface area (Å²) in [6.45, 7) is 8.76. The van der Waals surface area contributed by atoms with Crippen LogP contribution in [0.4, 0.5) is 9.59 Å². The Morgan fingerprint density at radius 3 is 2.14 bits per heavy atom. The SMILES string of the molecule is CC(C)NC(=O)NCc1ccc(C(=O)OCC(=O)NC(=O)NC(C)(C)C)cc1. The first-order chi connectivity index (χ1) is 13.0. The van der Waals surface area contributed by atoms with Gasteiger partial charge in [0.1, 0.15) is 0 Å². The van der Waals surface area contributed by atoms with Gasteiger partial charge < -0.3 is 20.7 Å². The molecule has 4 N–H and O–H groups in total. The molecule has 0 radical (unpaired) electrons. The fourth-order valence-electron chi connectivity index (χ4n) is 2.00. The van der Waals surface area contributed by atoms with Crippen molar-refractivity contribution < 1.29 is 23.9 Å². The summed E-state index contributed by atoms with van der Waals surface area (Å²) in [5.74, 6) is -1.42. The number of benzene rings is 1. The number of ether oxygens (including phenoxy) is 1. The zero-order chi connectivity index (χ0) is 21.3. The van der Waals surface area contributed by atoms with E-state index in [9.17, 15) is 19.2 Å². The molecule has 0 heterocycles. The van der Waals surface area contributed by atoms with Gasteiger partial charge in [-0.1, -0.05) is 12.1 Å². The summed E-state index contributed by atoms with van der Waals surface area (Å²) >= 11 is 0. The highest BCUT2D eigenvalue weighted by molar-refractivity contribution is 5.97. The van der Waals surface area contributed by atoms with Crippen LogP contribution in [0, 0.1) is 0 Å². The van der Waals surface area contributed by atoms with Crippen LogP contribution in [-0.4, -0.2) is 42.1 Å². The second kappa shape index (κ2) is 10.3. The molecular weight excluding hydrogens is 364 g/mol. The van der Waals surface area contributed by atoms with E-state index < -0.39 is 30.1 Å². The zero-order valence-electron chi connectivity index (χ0n) is 16.8. The molecule has 5 amide bonds. The third-order valence-electron chi connectivity index (χ3n) is 3.14. The van der Waals surface area contributed by atoms with Crippen LogP contribution in [-0.2, 0) is 16.1 Å². The van der Waals surface area contributed by atoms with Gasteiger partial charge in [-0.25, -0.2) is 14.4 Å². The molecule has 28 heavy (non-hydrogen) atoms. The van der Waals surface area contributed by atoms with Crippen LogP contribution in [0.3, 0.4) is 0 Å². The highest BCUT2D eigenvalue weighted by Crippen LogP contribution is 2.06. The molecule has 0 aromatic heterocycles. The number of hydrogen-bond donors (Lipinski definition) is 4. The van der Waals surface area contributed by atoms with Gasteiger partial charge in [-0.2, -0.15) is 0 Å². The third kappa shape index (κ3) is 9.56. The van der Waals surface area contributed by atoms with Crippen LogP contribution in [0.1, 0.15) is 50.5 Å². The van der Waals surface area contributed by atoms with Crippen molar-refractivity contribution in [3.05, 3.63) is 35.4 Å². The van der Waals surface area contributed by atoms with Crippen molar-refractivity contribution in [3.8, 4) is 0 Å². The molecule has 0 saturated carbocycles. The number of imide groups is 1. The average Bonchev–Trinajstić information content (AvgIpc) is 2.56. The van der Waals surface area contributed by atoms with Crippen LogP contribution in [0.15, 0.2) is 24.3 Å². The van der Waals surface area contributed by atoms with Crippen molar-refractivity contribution >= 4 is 23.9 Å². The van der Waals surface area contributed by atoms with E-state index in [2.05, 4.69) is 21.3 Å². The van der Waals surface area contributed by atoms with Gasteiger partial charge >= 0.3 is 18.0 Å². The molecule has 0 bridgehead atoms. The molecule has 9 nitrogen and oxygen atoms in total. The van der Waals surface area contributed by atoms with Crippen molar-refractivity contribution in [2.45, 2.75) is 52.7 Å². The molecule has 0 fully saturated rings. The number of rotatable bonds is 6. The van der Waals surface area contributed by atoms with E-state index in [0.29, 0.717) is 6.54 Å². The van der Waals surface area contributed by atoms with Gasteiger partial charge in [-0.05, 0) is 52.3 Å². The van der Waals surface area contributed by atoms with E-state index in [4.69, 9.17) is 4.74 Å². The van der Waals surface area contributed by atoms with Crippen molar-refractivity contribution in [2.75, 3.05) is 6.61 Å². The molecule has 1 rings (SSSR count). The number of nitrogens with one attached hydrogen (secondary N) is 4. The average molecular weight is 392 g/mol. The predicted octanol–water partition coefficient (Wildman–Crippen LogP) is 1.68.